The van der Waals surface area contributed by atoms with Crippen LogP contribution in [0.1, 0.15) is 42.4 Å². The molecule has 0 fully saturated rings. The van der Waals surface area contributed by atoms with E-state index in [1.165, 1.54) is 10.9 Å². The number of hydrogen-bond donors (Lipinski definition) is 1. The van der Waals surface area contributed by atoms with E-state index in [4.69, 9.17) is 4.74 Å². The Bertz CT molecular complexity index is 1460. The molecule has 0 aliphatic heterocycles. The third-order valence-electron chi connectivity index (χ3n) is 6.59. The lowest BCUT2D eigenvalue weighted by atomic mass is 9.88. The monoisotopic (exact) mass is 488 g/mol. The van der Waals surface area contributed by atoms with E-state index >= 15 is 0 Å². The van der Waals surface area contributed by atoms with Gasteiger partial charge in [0.05, 0.1) is 0 Å². The highest BCUT2D eigenvalue weighted by atomic mass is 16.5. The van der Waals surface area contributed by atoms with E-state index in [0.717, 1.165) is 41.1 Å². The highest BCUT2D eigenvalue weighted by molar-refractivity contribution is 5.87. The van der Waals surface area contributed by atoms with E-state index in [0.29, 0.717) is 13.0 Å². The topological polar surface area (TPSA) is 43.3 Å². The first-order valence-corrected chi connectivity index (χ1v) is 12.9. The van der Waals surface area contributed by atoms with Gasteiger partial charge in [-0.05, 0) is 53.4 Å². The first kappa shape index (κ1) is 24.4. The third kappa shape index (κ3) is 5.92. The highest BCUT2D eigenvalue weighted by Gasteiger charge is 2.23. The van der Waals surface area contributed by atoms with E-state index in [1.807, 2.05) is 48.5 Å². The van der Waals surface area contributed by atoms with Gasteiger partial charge in [-0.1, -0.05) is 85.8 Å². The number of amides is 1. The Balaban J connectivity index is 1.55. The quantitative estimate of drug-likeness (QED) is 0.221. The maximum atomic E-state index is 13.0. The SMILES string of the molecule is CCCNC(=O)CC(c1cccc(Oc2ccccc2)c1)c1cn(Cc2ccccc2)c2ccccc12. The molecule has 1 amide bonds. The van der Waals surface area contributed by atoms with Crippen molar-refractivity contribution in [3.8, 4) is 11.5 Å². The lowest BCUT2D eigenvalue weighted by Crippen LogP contribution is -2.26. The van der Waals surface area contributed by atoms with Gasteiger partial charge in [-0.3, -0.25) is 4.79 Å². The summed E-state index contributed by atoms with van der Waals surface area (Å²) in [5, 5.41) is 4.24. The average Bonchev–Trinajstić information content (AvgIpc) is 3.30. The summed E-state index contributed by atoms with van der Waals surface area (Å²) in [6.45, 7) is 3.52. The minimum absolute atomic E-state index is 0.0566. The van der Waals surface area contributed by atoms with Gasteiger partial charge in [-0.2, -0.15) is 0 Å². The van der Waals surface area contributed by atoms with E-state index in [9.17, 15) is 4.79 Å². The summed E-state index contributed by atoms with van der Waals surface area (Å²) in [4.78, 5) is 13.0. The van der Waals surface area contributed by atoms with Crippen molar-refractivity contribution in [3.05, 3.63) is 132 Å². The third-order valence-corrected chi connectivity index (χ3v) is 6.59. The smallest absolute Gasteiger partial charge is 0.220 e. The van der Waals surface area contributed by atoms with E-state index in [-0.39, 0.29) is 11.8 Å². The van der Waals surface area contributed by atoms with Gasteiger partial charge in [0.15, 0.2) is 0 Å². The summed E-state index contributed by atoms with van der Waals surface area (Å²) in [6, 6.07) is 36.8. The molecule has 186 valence electrons. The molecule has 4 aromatic carbocycles. The fourth-order valence-electron chi connectivity index (χ4n) is 4.81. The molecular formula is C33H32N2O2. The molecule has 0 saturated carbocycles. The second kappa shape index (κ2) is 11.6. The normalized spacial score (nSPS) is 11.8. The van der Waals surface area contributed by atoms with Crippen LogP contribution in [0.25, 0.3) is 10.9 Å². The summed E-state index contributed by atoms with van der Waals surface area (Å²) < 4.78 is 8.43. The summed E-state index contributed by atoms with van der Waals surface area (Å²) in [5.41, 5.74) is 4.61. The molecule has 1 unspecified atom stereocenters. The predicted molar refractivity (Wildman–Crippen MR) is 150 cm³/mol. The van der Waals surface area contributed by atoms with Crippen LogP contribution in [-0.2, 0) is 11.3 Å². The molecule has 0 aliphatic rings. The summed E-state index contributed by atoms with van der Waals surface area (Å²) >= 11 is 0. The van der Waals surface area contributed by atoms with Crippen molar-refractivity contribution in [2.45, 2.75) is 32.2 Å². The van der Waals surface area contributed by atoms with Crippen molar-refractivity contribution in [1.82, 2.24) is 9.88 Å². The number of aromatic nitrogens is 1. The average molecular weight is 489 g/mol. The number of ether oxygens (including phenoxy) is 1. The molecule has 5 aromatic rings. The number of para-hydroxylation sites is 2. The van der Waals surface area contributed by atoms with Gasteiger partial charge < -0.3 is 14.6 Å². The minimum Gasteiger partial charge on any atom is -0.457 e. The number of carbonyl (C=O) groups is 1. The van der Waals surface area contributed by atoms with E-state index in [1.54, 1.807) is 0 Å². The van der Waals surface area contributed by atoms with Gasteiger partial charge in [0, 0.05) is 42.5 Å². The molecule has 1 heterocycles. The van der Waals surface area contributed by atoms with E-state index < -0.39 is 0 Å². The zero-order chi connectivity index (χ0) is 25.5. The van der Waals surface area contributed by atoms with Gasteiger partial charge in [0.1, 0.15) is 11.5 Å². The number of nitrogens with one attached hydrogen (secondary N) is 1. The van der Waals surface area contributed by atoms with Crippen molar-refractivity contribution in [1.29, 1.82) is 0 Å². The molecule has 5 rings (SSSR count). The van der Waals surface area contributed by atoms with Crippen molar-refractivity contribution in [3.63, 3.8) is 0 Å². The summed E-state index contributed by atoms with van der Waals surface area (Å²) in [6.07, 6.45) is 3.50. The molecule has 0 saturated heterocycles. The fraction of sp³-hybridized carbons (Fsp3) is 0.182. The van der Waals surface area contributed by atoms with Crippen molar-refractivity contribution < 1.29 is 9.53 Å². The fourth-order valence-corrected chi connectivity index (χ4v) is 4.81. The predicted octanol–water partition coefficient (Wildman–Crippen LogP) is 7.53. The van der Waals surface area contributed by atoms with Gasteiger partial charge in [0.25, 0.3) is 0 Å². The number of rotatable bonds is 10. The van der Waals surface area contributed by atoms with Crippen LogP contribution in [-0.4, -0.2) is 17.0 Å². The maximum absolute atomic E-state index is 13.0. The number of carbonyl (C=O) groups excluding carboxylic acids is 1. The van der Waals surface area contributed by atoms with Crippen molar-refractivity contribution >= 4 is 16.8 Å². The summed E-state index contributed by atoms with van der Waals surface area (Å²) in [5.74, 6) is 1.49. The molecule has 0 spiro atoms. The molecule has 1 aromatic heterocycles. The number of hydrogen-bond acceptors (Lipinski definition) is 2. The Morgan fingerprint density at radius 3 is 2.32 bits per heavy atom. The molecule has 4 heteroatoms. The first-order chi connectivity index (χ1) is 18.2. The minimum atomic E-state index is -0.113. The van der Waals surface area contributed by atoms with Crippen LogP contribution in [0, 0.1) is 0 Å². The van der Waals surface area contributed by atoms with Crippen LogP contribution in [0.2, 0.25) is 0 Å². The maximum Gasteiger partial charge on any atom is 0.220 e. The van der Waals surface area contributed by atoms with Gasteiger partial charge in [-0.15, -0.1) is 0 Å². The zero-order valence-corrected chi connectivity index (χ0v) is 21.1. The lowest BCUT2D eigenvalue weighted by molar-refractivity contribution is -0.121. The van der Waals surface area contributed by atoms with Gasteiger partial charge in [-0.25, -0.2) is 0 Å². The number of nitrogens with zero attached hydrogens (tertiary/aromatic N) is 1. The highest BCUT2D eigenvalue weighted by Crippen LogP contribution is 2.37. The molecule has 0 aliphatic carbocycles. The van der Waals surface area contributed by atoms with Crippen LogP contribution in [0.15, 0.2) is 115 Å². The van der Waals surface area contributed by atoms with E-state index in [2.05, 4.69) is 83.7 Å². The largest absolute Gasteiger partial charge is 0.457 e. The van der Waals surface area contributed by atoms with Crippen LogP contribution >= 0.6 is 0 Å². The van der Waals surface area contributed by atoms with Crippen LogP contribution in [0.5, 0.6) is 11.5 Å². The van der Waals surface area contributed by atoms with Crippen LogP contribution in [0.4, 0.5) is 0 Å². The molecule has 0 radical (unpaired) electrons. The second-order valence-corrected chi connectivity index (χ2v) is 9.31. The molecule has 4 nitrogen and oxygen atoms in total. The Morgan fingerprint density at radius 2 is 1.54 bits per heavy atom. The summed E-state index contributed by atoms with van der Waals surface area (Å²) in [7, 11) is 0. The molecule has 1 N–H and O–H groups in total. The molecule has 1 atom stereocenters. The van der Waals surface area contributed by atoms with Crippen molar-refractivity contribution in [2.24, 2.45) is 0 Å². The molecule has 37 heavy (non-hydrogen) atoms. The molecule has 0 bridgehead atoms. The Kier molecular flexibility index (Phi) is 7.66. The standard InChI is InChI=1S/C33H32N2O2/c1-2-20-34-33(36)22-30(26-14-11-17-28(21-26)37-27-15-7-4-8-16-27)31-24-35(23-25-12-5-3-6-13-25)32-19-10-9-18-29(31)32/h3-19,21,24,30H,2,20,22-23H2,1H3,(H,34,36). The first-order valence-electron chi connectivity index (χ1n) is 12.9. The van der Waals surface area contributed by atoms with Crippen LogP contribution in [0.3, 0.4) is 0 Å². The van der Waals surface area contributed by atoms with Gasteiger partial charge in [0.2, 0.25) is 5.91 Å². The van der Waals surface area contributed by atoms with Crippen molar-refractivity contribution in [2.75, 3.05) is 6.54 Å². The Labute approximate surface area is 218 Å². The zero-order valence-electron chi connectivity index (χ0n) is 21.1. The van der Waals surface area contributed by atoms with Gasteiger partial charge >= 0.3 is 0 Å². The number of fused-ring (bicyclic) bond motifs is 1. The molecular weight excluding hydrogens is 456 g/mol. The Morgan fingerprint density at radius 1 is 0.838 bits per heavy atom. The number of benzene rings is 4. The van der Waals surface area contributed by atoms with Crippen LogP contribution < -0.4 is 10.1 Å². The lowest BCUT2D eigenvalue weighted by Gasteiger charge is -2.18. The Hall–Kier alpha value is -4.31. The second-order valence-electron chi connectivity index (χ2n) is 9.31.